The predicted octanol–water partition coefficient (Wildman–Crippen LogP) is 6.23. The molecule has 0 spiro atoms. The second kappa shape index (κ2) is 16.5. The van der Waals surface area contributed by atoms with E-state index >= 15 is 0 Å². The molecule has 3 aromatic rings. The van der Waals surface area contributed by atoms with Crippen LogP contribution in [0.3, 0.4) is 0 Å². The van der Waals surface area contributed by atoms with Crippen molar-refractivity contribution < 1.29 is 43.7 Å². The molecule has 0 saturated carbocycles. The van der Waals surface area contributed by atoms with E-state index in [9.17, 15) is 24.3 Å². The van der Waals surface area contributed by atoms with Crippen LogP contribution in [0, 0.1) is 0 Å². The van der Waals surface area contributed by atoms with Crippen LogP contribution in [0.15, 0.2) is 96.2 Å². The standard InChI is InChI=1S/C23H19NO4.C12H16O5/c1-3-15(23(26)27)12-17-9-7-10-18-13-16-8-5-6-11-19(16)20(22(17)18)14-24-28-21(25)4-2;1-8(11(13)14)5-6-16-12(15)9(2)3-4-10-7-17-10/h4-14H,2-3H2,1H3,(H,26,27);10H,1-7H2,(H,13,14). The van der Waals surface area contributed by atoms with Gasteiger partial charge in [0.05, 0.1) is 25.5 Å². The van der Waals surface area contributed by atoms with Crippen molar-refractivity contribution in [3.63, 3.8) is 0 Å². The number of carboxylic acid groups (broad SMARTS) is 2. The van der Waals surface area contributed by atoms with Crippen molar-refractivity contribution in [3.8, 4) is 0 Å². The summed E-state index contributed by atoms with van der Waals surface area (Å²) in [5.41, 5.74) is 2.23. The van der Waals surface area contributed by atoms with E-state index in [2.05, 4.69) is 24.9 Å². The highest BCUT2D eigenvalue weighted by Gasteiger charge is 2.23. The van der Waals surface area contributed by atoms with E-state index in [1.54, 1.807) is 13.0 Å². The zero-order valence-corrected chi connectivity index (χ0v) is 25.0. The van der Waals surface area contributed by atoms with Crippen molar-refractivity contribution in [2.75, 3.05) is 13.2 Å². The van der Waals surface area contributed by atoms with Gasteiger partial charge in [-0.1, -0.05) is 74.3 Å². The van der Waals surface area contributed by atoms with Crippen LogP contribution < -0.4 is 0 Å². The maximum Gasteiger partial charge on any atom is 0.357 e. The number of benzene rings is 3. The molecule has 0 aliphatic carbocycles. The van der Waals surface area contributed by atoms with Crippen LogP contribution in [0.1, 0.15) is 43.7 Å². The van der Waals surface area contributed by atoms with Crippen LogP contribution >= 0.6 is 0 Å². The first-order valence-electron chi connectivity index (χ1n) is 14.2. The SMILES string of the molecule is C=C(CCOC(=O)C(=C)CCC1CO1)C(=O)O.C=CC(=O)ON=Cc1c2ccccc2cc2cccc(C=C(CC)C(=O)O)c12. The van der Waals surface area contributed by atoms with Crippen LogP contribution in [0.4, 0.5) is 0 Å². The summed E-state index contributed by atoms with van der Waals surface area (Å²) in [7, 11) is 0. The average molecular weight is 614 g/mol. The zero-order chi connectivity index (χ0) is 32.9. The minimum Gasteiger partial charge on any atom is -0.478 e. The van der Waals surface area contributed by atoms with E-state index in [-0.39, 0.29) is 24.7 Å². The van der Waals surface area contributed by atoms with Crippen LogP contribution in [-0.4, -0.2) is 59.6 Å². The first-order valence-corrected chi connectivity index (χ1v) is 14.2. The lowest BCUT2D eigenvalue weighted by Crippen LogP contribution is -2.11. The lowest BCUT2D eigenvalue weighted by atomic mass is 9.93. The van der Waals surface area contributed by atoms with Crippen molar-refractivity contribution in [1.82, 2.24) is 0 Å². The molecule has 1 fully saturated rings. The van der Waals surface area contributed by atoms with Crippen molar-refractivity contribution in [2.45, 2.75) is 38.7 Å². The minimum absolute atomic E-state index is 0.0168. The summed E-state index contributed by atoms with van der Waals surface area (Å²) in [6.07, 6.45) is 6.29. The predicted molar refractivity (Wildman–Crippen MR) is 172 cm³/mol. The molecule has 0 amide bonds. The topological polar surface area (TPSA) is 152 Å². The number of carbonyl (C=O) groups excluding carboxylic acids is 2. The van der Waals surface area contributed by atoms with Gasteiger partial charge in [-0.15, -0.1) is 0 Å². The number of rotatable bonds is 14. The van der Waals surface area contributed by atoms with Gasteiger partial charge in [-0.3, -0.25) is 0 Å². The Kier molecular flexibility index (Phi) is 12.5. The molecule has 1 aliphatic heterocycles. The molecule has 45 heavy (non-hydrogen) atoms. The maximum absolute atomic E-state index is 11.5. The Morgan fingerprint density at radius 3 is 2.36 bits per heavy atom. The molecule has 0 aromatic heterocycles. The van der Waals surface area contributed by atoms with Gasteiger partial charge in [0.1, 0.15) is 0 Å². The third-order valence-corrected chi connectivity index (χ3v) is 6.84. The first kappa shape index (κ1) is 34.1. The van der Waals surface area contributed by atoms with Gasteiger partial charge in [-0.05, 0) is 58.5 Å². The van der Waals surface area contributed by atoms with Crippen molar-refractivity contribution >= 4 is 57.7 Å². The fourth-order valence-corrected chi connectivity index (χ4v) is 4.26. The lowest BCUT2D eigenvalue weighted by molar-refractivity contribution is -0.140. The van der Waals surface area contributed by atoms with E-state index < -0.39 is 23.9 Å². The molecule has 1 aliphatic rings. The summed E-state index contributed by atoms with van der Waals surface area (Å²) in [6.45, 7) is 12.9. The molecule has 3 aromatic carbocycles. The van der Waals surface area contributed by atoms with Crippen molar-refractivity contribution in [3.05, 3.63) is 102 Å². The Hall–Kier alpha value is -5.35. The summed E-state index contributed by atoms with van der Waals surface area (Å²) in [4.78, 5) is 49.4. The van der Waals surface area contributed by atoms with Gasteiger partial charge in [0.25, 0.3) is 0 Å². The van der Waals surface area contributed by atoms with Gasteiger partial charge in [-0.25, -0.2) is 19.2 Å². The molecule has 234 valence electrons. The van der Waals surface area contributed by atoms with Crippen LogP contribution in [0.5, 0.6) is 0 Å². The normalized spacial score (nSPS) is 13.9. The molecule has 4 rings (SSSR count). The number of fused-ring (bicyclic) bond motifs is 2. The Morgan fingerprint density at radius 2 is 1.71 bits per heavy atom. The molecular formula is C35H35NO9. The Morgan fingerprint density at radius 1 is 1.00 bits per heavy atom. The third-order valence-electron chi connectivity index (χ3n) is 6.84. The Labute approximate surface area is 260 Å². The number of hydrogen-bond donors (Lipinski definition) is 2. The van der Waals surface area contributed by atoms with E-state index in [0.717, 1.165) is 51.8 Å². The number of nitrogens with zero attached hydrogens (tertiary/aromatic N) is 1. The molecule has 1 atom stereocenters. The number of aliphatic carboxylic acids is 2. The first-order chi connectivity index (χ1) is 21.5. The number of epoxide rings is 1. The molecule has 2 N–H and O–H groups in total. The number of carboxylic acids is 2. The molecule has 0 bridgehead atoms. The number of carbonyl (C=O) groups is 4. The number of hydrogen-bond acceptors (Lipinski definition) is 8. The van der Waals surface area contributed by atoms with Gasteiger partial charge >= 0.3 is 23.9 Å². The number of ether oxygens (including phenoxy) is 2. The van der Waals surface area contributed by atoms with E-state index in [4.69, 9.17) is 19.4 Å². The van der Waals surface area contributed by atoms with E-state index in [1.165, 1.54) is 6.21 Å². The van der Waals surface area contributed by atoms with Gasteiger partial charge in [0.2, 0.25) is 0 Å². The second-order valence-corrected chi connectivity index (χ2v) is 10.0. The third kappa shape index (κ3) is 10.1. The Balaban J connectivity index is 0.000000279. The summed E-state index contributed by atoms with van der Waals surface area (Å²) in [5.74, 6) is -3.16. The highest BCUT2D eigenvalue weighted by Crippen LogP contribution is 2.31. The fourth-order valence-electron chi connectivity index (χ4n) is 4.26. The van der Waals surface area contributed by atoms with Gasteiger partial charge in [-0.2, -0.15) is 0 Å². The molecule has 1 saturated heterocycles. The van der Waals surface area contributed by atoms with Gasteiger partial charge < -0.3 is 24.5 Å². The largest absolute Gasteiger partial charge is 0.478 e. The fraction of sp³-hybridized carbons (Fsp3) is 0.229. The van der Waals surface area contributed by atoms with E-state index in [0.29, 0.717) is 24.0 Å². The molecule has 10 nitrogen and oxygen atoms in total. The second-order valence-electron chi connectivity index (χ2n) is 10.0. The molecule has 1 unspecified atom stereocenters. The highest BCUT2D eigenvalue weighted by atomic mass is 16.7. The highest BCUT2D eigenvalue weighted by molar-refractivity contribution is 6.16. The van der Waals surface area contributed by atoms with Crippen molar-refractivity contribution in [2.24, 2.45) is 5.16 Å². The number of esters is 1. The maximum atomic E-state index is 11.5. The summed E-state index contributed by atoms with van der Waals surface area (Å²) >= 11 is 0. The van der Waals surface area contributed by atoms with E-state index in [1.807, 2.05) is 48.5 Å². The van der Waals surface area contributed by atoms with Gasteiger partial charge in [0.15, 0.2) is 0 Å². The summed E-state index contributed by atoms with van der Waals surface area (Å²) < 4.78 is 9.88. The zero-order valence-electron chi connectivity index (χ0n) is 25.0. The molecule has 10 heteroatoms. The molecular weight excluding hydrogens is 578 g/mol. The summed E-state index contributed by atoms with van der Waals surface area (Å²) in [5, 5.41) is 25.5. The Bertz CT molecular complexity index is 1700. The van der Waals surface area contributed by atoms with Crippen LogP contribution in [0.2, 0.25) is 0 Å². The average Bonchev–Trinajstić information content (AvgIpc) is 3.86. The smallest absolute Gasteiger partial charge is 0.357 e. The van der Waals surface area contributed by atoms with Crippen molar-refractivity contribution in [1.29, 1.82) is 0 Å². The van der Waals surface area contributed by atoms with Gasteiger partial charge in [0, 0.05) is 34.8 Å². The number of oxime groups is 1. The lowest BCUT2D eigenvalue weighted by Gasteiger charge is -2.11. The van der Waals surface area contributed by atoms with Crippen LogP contribution in [0.25, 0.3) is 27.6 Å². The minimum atomic E-state index is -1.08. The summed E-state index contributed by atoms with van der Waals surface area (Å²) in [6, 6.07) is 15.5. The van der Waals surface area contributed by atoms with Crippen LogP contribution in [-0.2, 0) is 33.5 Å². The molecule has 0 radical (unpaired) electrons. The molecule has 1 heterocycles. The monoisotopic (exact) mass is 613 g/mol. The quantitative estimate of drug-likeness (QED) is 0.0410.